The van der Waals surface area contributed by atoms with Crippen LogP contribution >= 0.6 is 11.3 Å². The van der Waals surface area contributed by atoms with Gasteiger partial charge < -0.3 is 0 Å². The van der Waals surface area contributed by atoms with E-state index in [1.54, 1.807) is 17.4 Å². The van der Waals surface area contributed by atoms with Crippen molar-refractivity contribution in [1.82, 2.24) is 0 Å². The lowest BCUT2D eigenvalue weighted by Gasteiger charge is -1.80. The van der Waals surface area contributed by atoms with Gasteiger partial charge in [-0.2, -0.15) is 0 Å². The highest BCUT2D eigenvalue weighted by atomic mass is 32.1. The first-order chi connectivity index (χ1) is 5.40. The molecule has 1 aromatic heterocycles. The first-order valence-corrected chi connectivity index (χ1v) is 4.10. The lowest BCUT2D eigenvalue weighted by molar-refractivity contribution is 1.47. The number of rotatable bonds is 0. The first-order valence-electron chi connectivity index (χ1n) is 3.22. The molecule has 0 saturated heterocycles. The number of fused-ring (bicyclic) bond motifs is 1. The monoisotopic (exact) mass is 161 g/mol. The molecule has 52 valence electrons. The largest absolute Gasteiger partial charge is 0.386 e. The van der Waals surface area contributed by atoms with Crippen molar-refractivity contribution in [3.05, 3.63) is 34.6 Å². The number of hydrogen-bond donors (Lipinski definition) is 0. The Morgan fingerprint density at radius 1 is 1.27 bits per heavy atom. The van der Waals surface area contributed by atoms with Crippen LogP contribution in [0.2, 0.25) is 0 Å². The summed E-state index contributed by atoms with van der Waals surface area (Å²) in [4.78, 5) is 3.11. The summed E-state index contributed by atoms with van der Waals surface area (Å²) in [5, 5.41) is 11.7. The smallest absolute Gasteiger partial charge is 0.144 e. The van der Waals surface area contributed by atoms with Crippen LogP contribution in [0.4, 0.5) is 5.69 Å². The zero-order valence-corrected chi connectivity index (χ0v) is 6.51. The predicted octanol–water partition coefficient (Wildman–Crippen LogP) is 3.39. The van der Waals surface area contributed by atoms with E-state index in [0.717, 1.165) is 4.70 Å². The molecule has 0 atom stereocenters. The van der Waals surface area contributed by atoms with Crippen molar-refractivity contribution in [3.63, 3.8) is 0 Å². The van der Waals surface area contributed by atoms with Gasteiger partial charge in [0.05, 0.1) is 6.07 Å². The Kier molecular flexibility index (Phi) is 1.34. The van der Waals surface area contributed by atoms with Crippen LogP contribution in [-0.4, -0.2) is 0 Å². The molecule has 0 aliphatic carbocycles. The van der Waals surface area contributed by atoms with Gasteiger partial charge in [-0.05, 0) is 22.9 Å². The molecule has 0 unspecified atom stereocenters. The lowest BCUT2D eigenvalue weighted by Crippen LogP contribution is -1.60. The van der Waals surface area contributed by atoms with Crippen LogP contribution in [0.3, 0.4) is 0 Å². The van der Waals surface area contributed by atoms with Crippen LogP contribution in [0.1, 0.15) is 0 Å². The molecule has 0 saturated carbocycles. The topological polar surface area (TPSA) is 28.1 Å². The Bertz CT molecular complexity index is 425. The molecule has 0 radical (unpaired) electrons. The Morgan fingerprint density at radius 2 is 2.18 bits per heavy atom. The van der Waals surface area contributed by atoms with E-state index in [1.165, 1.54) is 5.39 Å². The van der Waals surface area contributed by atoms with Crippen molar-refractivity contribution in [2.24, 2.45) is 0 Å². The average molecular weight is 161 g/mol. The summed E-state index contributed by atoms with van der Waals surface area (Å²) >= 11 is 1.65. The fourth-order valence-electron chi connectivity index (χ4n) is 1.01. The quantitative estimate of drug-likeness (QED) is 0.544. The van der Waals surface area contributed by atoms with Gasteiger partial charge in [-0.1, -0.05) is 0 Å². The summed E-state index contributed by atoms with van der Waals surface area (Å²) in [6.45, 7) is 0. The van der Waals surface area contributed by atoms with E-state index >= 15 is 0 Å². The molecular weight excluding hydrogens is 156 g/mol. The molecule has 0 bridgehead atoms. The minimum atomic E-state index is 0.611. The second-order valence-electron chi connectivity index (χ2n) is 2.24. The fraction of sp³-hybridized carbons (Fsp3) is 0. The number of hydrogen-bond acceptors (Lipinski definition) is 2. The summed E-state index contributed by atoms with van der Waals surface area (Å²) in [6.07, 6.45) is 0. The predicted molar refractivity (Wildman–Crippen MR) is 46.6 cm³/mol. The maximum Gasteiger partial charge on any atom is 0.386 e. The molecule has 0 aliphatic rings. The maximum atomic E-state index is 8.46. The van der Waals surface area contributed by atoms with Crippen molar-refractivity contribution >= 4 is 27.1 Å². The Labute approximate surface area is 67.7 Å². The van der Waals surface area contributed by atoms with Crippen LogP contribution in [0, 0.1) is 5.39 Å². The van der Waals surface area contributed by atoms with E-state index in [1.807, 2.05) is 23.6 Å². The van der Waals surface area contributed by atoms with Crippen molar-refractivity contribution in [2.75, 3.05) is 0 Å². The third-order valence-corrected chi connectivity index (χ3v) is 2.43. The molecule has 1 aromatic carbocycles. The minimum absolute atomic E-state index is 0.611. The molecule has 2 rings (SSSR count). The van der Waals surface area contributed by atoms with E-state index in [4.69, 9.17) is 5.39 Å². The van der Waals surface area contributed by atoms with E-state index < -0.39 is 0 Å². The van der Waals surface area contributed by atoms with Gasteiger partial charge >= 0.3 is 5.69 Å². The van der Waals surface area contributed by atoms with Gasteiger partial charge in [0.25, 0.3) is 0 Å². The molecule has 2 aromatic rings. The number of thiophene rings is 1. The van der Waals surface area contributed by atoms with E-state index in [0.29, 0.717) is 5.69 Å². The summed E-state index contributed by atoms with van der Waals surface area (Å²) in [5.41, 5.74) is 0.611. The lowest BCUT2D eigenvalue weighted by atomic mass is 10.2. The third kappa shape index (κ3) is 0.975. The van der Waals surface area contributed by atoms with Gasteiger partial charge in [0.1, 0.15) is 0 Å². The highest BCUT2D eigenvalue weighted by Crippen LogP contribution is 2.25. The van der Waals surface area contributed by atoms with E-state index in [9.17, 15) is 0 Å². The number of benzene rings is 1. The van der Waals surface area contributed by atoms with E-state index in [-0.39, 0.29) is 0 Å². The Morgan fingerprint density at radius 3 is 3.00 bits per heavy atom. The van der Waals surface area contributed by atoms with Crippen LogP contribution in [0.5, 0.6) is 0 Å². The molecular formula is C8H5N2S+. The van der Waals surface area contributed by atoms with Crippen LogP contribution in [0.15, 0.2) is 29.6 Å². The standard InChI is InChI=1S/C8H5N2S/c9-10-7-2-1-6-3-4-11-8(6)5-7/h1-5H/q+1. The first kappa shape index (κ1) is 6.32. The maximum absolute atomic E-state index is 8.46. The third-order valence-electron chi connectivity index (χ3n) is 1.56. The minimum Gasteiger partial charge on any atom is -0.144 e. The SMILES string of the molecule is N#[N+]c1ccc2ccsc2c1. The Balaban J connectivity index is 2.79. The highest BCUT2D eigenvalue weighted by Gasteiger charge is 2.04. The van der Waals surface area contributed by atoms with Crippen LogP contribution in [-0.2, 0) is 0 Å². The van der Waals surface area contributed by atoms with Crippen molar-refractivity contribution < 1.29 is 0 Å². The van der Waals surface area contributed by atoms with Crippen molar-refractivity contribution in [1.29, 1.82) is 5.39 Å². The molecule has 0 fully saturated rings. The second kappa shape index (κ2) is 2.33. The Hall–Kier alpha value is -1.40. The van der Waals surface area contributed by atoms with Gasteiger partial charge in [0, 0.05) is 10.8 Å². The van der Waals surface area contributed by atoms with E-state index in [2.05, 4.69) is 4.98 Å². The zero-order chi connectivity index (χ0) is 7.68. The van der Waals surface area contributed by atoms with Gasteiger partial charge in [-0.25, -0.2) is 0 Å². The van der Waals surface area contributed by atoms with Gasteiger partial charge in [-0.3, -0.25) is 0 Å². The molecule has 0 spiro atoms. The van der Waals surface area contributed by atoms with Crippen LogP contribution in [0.25, 0.3) is 15.1 Å². The summed E-state index contributed by atoms with van der Waals surface area (Å²) < 4.78 is 1.15. The van der Waals surface area contributed by atoms with Crippen molar-refractivity contribution in [2.45, 2.75) is 0 Å². The molecule has 2 nitrogen and oxygen atoms in total. The van der Waals surface area contributed by atoms with Gasteiger partial charge in [0.2, 0.25) is 5.39 Å². The molecule has 0 amide bonds. The molecule has 11 heavy (non-hydrogen) atoms. The fourth-order valence-corrected chi connectivity index (χ4v) is 1.83. The van der Waals surface area contributed by atoms with Crippen molar-refractivity contribution in [3.8, 4) is 0 Å². The summed E-state index contributed by atoms with van der Waals surface area (Å²) in [5.74, 6) is 0. The summed E-state index contributed by atoms with van der Waals surface area (Å²) in [6, 6.07) is 7.64. The molecule has 0 aliphatic heterocycles. The molecule has 1 heterocycles. The highest BCUT2D eigenvalue weighted by molar-refractivity contribution is 7.17. The second-order valence-corrected chi connectivity index (χ2v) is 3.19. The summed E-state index contributed by atoms with van der Waals surface area (Å²) in [7, 11) is 0. The van der Waals surface area contributed by atoms with Gasteiger partial charge in [0.15, 0.2) is 4.98 Å². The average Bonchev–Trinajstić information content (AvgIpc) is 2.50. The number of diazo groups is 1. The molecule has 0 N–H and O–H groups in total. The zero-order valence-electron chi connectivity index (χ0n) is 5.69. The van der Waals surface area contributed by atoms with Crippen LogP contribution < -0.4 is 0 Å². The normalized spacial score (nSPS) is 9.73. The van der Waals surface area contributed by atoms with Gasteiger partial charge in [-0.15, -0.1) is 11.3 Å². The number of nitrogens with zero attached hydrogens (tertiary/aromatic N) is 2. The molecule has 3 heteroatoms.